The molecule has 0 aromatic heterocycles. The number of hydrogen-bond donors (Lipinski definition) is 1. The van der Waals surface area contributed by atoms with Crippen molar-refractivity contribution in [1.29, 1.82) is 0 Å². The number of likely N-dealkylation sites (tertiary alicyclic amines) is 1. The number of aryl methyl sites for hydroxylation is 1. The molecule has 0 saturated carbocycles. The average molecular weight is 309 g/mol. The number of carbonyl (C=O) groups is 1. The fourth-order valence-corrected chi connectivity index (χ4v) is 3.74. The summed E-state index contributed by atoms with van der Waals surface area (Å²) in [5, 5.41) is 3.24. The largest absolute Gasteiger partial charge is 0.342 e. The van der Waals surface area contributed by atoms with Crippen molar-refractivity contribution >= 4 is 21.8 Å². The maximum atomic E-state index is 12.2. The van der Waals surface area contributed by atoms with Gasteiger partial charge < -0.3 is 10.2 Å². The Morgan fingerprint density at radius 2 is 2.00 bits per heavy atom. The molecule has 1 aromatic rings. The van der Waals surface area contributed by atoms with E-state index in [0.29, 0.717) is 0 Å². The van der Waals surface area contributed by atoms with Crippen LogP contribution >= 0.6 is 15.9 Å². The van der Waals surface area contributed by atoms with Crippen LogP contribution in [0, 0.1) is 6.92 Å². The summed E-state index contributed by atoms with van der Waals surface area (Å²) in [7, 11) is 2.14. The highest BCUT2D eigenvalue weighted by atomic mass is 79.9. The van der Waals surface area contributed by atoms with Gasteiger partial charge in [-0.1, -0.05) is 15.9 Å². The van der Waals surface area contributed by atoms with Crippen LogP contribution in [0.2, 0.25) is 0 Å². The Hall–Kier alpha value is -0.870. The number of fused-ring (bicyclic) bond motifs is 2. The van der Waals surface area contributed by atoms with Gasteiger partial charge in [0.05, 0.1) is 5.54 Å². The van der Waals surface area contributed by atoms with Crippen molar-refractivity contribution in [1.82, 2.24) is 10.2 Å². The lowest BCUT2D eigenvalue weighted by Crippen LogP contribution is -2.48. The maximum absolute atomic E-state index is 12.2. The first kappa shape index (κ1) is 12.2. The number of nitrogens with one attached hydrogen (secondary N) is 1. The highest BCUT2D eigenvalue weighted by Gasteiger charge is 2.44. The minimum atomic E-state index is -0.131. The number of amides is 1. The summed E-state index contributed by atoms with van der Waals surface area (Å²) < 4.78 is 1.06. The van der Waals surface area contributed by atoms with Crippen molar-refractivity contribution in [3.8, 4) is 0 Å². The number of rotatable bonds is 0. The van der Waals surface area contributed by atoms with Crippen molar-refractivity contribution in [2.75, 3.05) is 20.1 Å². The van der Waals surface area contributed by atoms with E-state index in [-0.39, 0.29) is 11.4 Å². The van der Waals surface area contributed by atoms with Gasteiger partial charge in [0.2, 0.25) is 0 Å². The van der Waals surface area contributed by atoms with Crippen molar-refractivity contribution in [3.05, 3.63) is 33.3 Å². The third-order valence-electron chi connectivity index (χ3n) is 4.24. The average Bonchev–Trinajstić information content (AvgIpc) is 2.57. The predicted molar refractivity (Wildman–Crippen MR) is 74.8 cm³/mol. The molecule has 3 nitrogen and oxygen atoms in total. The fraction of sp³-hybridized carbons (Fsp3) is 0.500. The topological polar surface area (TPSA) is 32.3 Å². The van der Waals surface area contributed by atoms with Gasteiger partial charge in [0.1, 0.15) is 0 Å². The van der Waals surface area contributed by atoms with Crippen LogP contribution in [0.25, 0.3) is 0 Å². The van der Waals surface area contributed by atoms with Crippen molar-refractivity contribution in [2.24, 2.45) is 0 Å². The molecule has 4 heteroatoms. The maximum Gasteiger partial charge on any atom is 0.252 e. The minimum absolute atomic E-state index is 0.0968. The SMILES string of the molecule is Cc1cc(Br)cc2c1C(=O)NC21CCN(C)CC1. The number of piperidine rings is 1. The predicted octanol–water partition coefficient (Wildman–Crippen LogP) is 2.42. The lowest BCUT2D eigenvalue weighted by molar-refractivity contribution is 0.0880. The van der Waals surface area contributed by atoms with E-state index < -0.39 is 0 Å². The Labute approximate surface area is 116 Å². The van der Waals surface area contributed by atoms with Crippen LogP contribution in [0.4, 0.5) is 0 Å². The number of carbonyl (C=O) groups excluding carboxylic acids is 1. The van der Waals surface area contributed by atoms with E-state index in [9.17, 15) is 4.79 Å². The summed E-state index contributed by atoms with van der Waals surface area (Å²) in [4.78, 5) is 14.5. The molecule has 3 rings (SSSR count). The van der Waals surface area contributed by atoms with E-state index in [2.05, 4.69) is 39.3 Å². The number of halogens is 1. The lowest BCUT2D eigenvalue weighted by atomic mass is 9.81. The van der Waals surface area contributed by atoms with Crippen LogP contribution in [-0.2, 0) is 5.54 Å². The minimum Gasteiger partial charge on any atom is -0.342 e. The first-order valence-corrected chi connectivity index (χ1v) is 7.13. The summed E-state index contributed by atoms with van der Waals surface area (Å²) in [5.41, 5.74) is 3.01. The van der Waals surface area contributed by atoms with Gasteiger partial charge in [0, 0.05) is 23.1 Å². The normalized spacial score (nSPS) is 22.1. The van der Waals surface area contributed by atoms with Crippen LogP contribution in [0.1, 0.15) is 34.3 Å². The van der Waals surface area contributed by atoms with Crippen molar-refractivity contribution < 1.29 is 4.79 Å². The second-order valence-electron chi connectivity index (χ2n) is 5.48. The Balaban J connectivity index is 2.11. The van der Waals surface area contributed by atoms with Crippen LogP contribution in [0.3, 0.4) is 0 Å². The van der Waals surface area contributed by atoms with E-state index in [4.69, 9.17) is 0 Å². The van der Waals surface area contributed by atoms with Crippen LogP contribution in [0.15, 0.2) is 16.6 Å². The molecular formula is C14H17BrN2O. The molecule has 1 spiro atoms. The lowest BCUT2D eigenvalue weighted by Gasteiger charge is -2.38. The fourth-order valence-electron chi connectivity index (χ4n) is 3.16. The first-order chi connectivity index (χ1) is 8.52. The van der Waals surface area contributed by atoms with E-state index in [1.807, 2.05) is 13.0 Å². The molecule has 0 atom stereocenters. The number of nitrogens with zero attached hydrogens (tertiary/aromatic N) is 1. The van der Waals surface area contributed by atoms with E-state index in [0.717, 1.165) is 41.5 Å². The third-order valence-corrected chi connectivity index (χ3v) is 4.69. The molecule has 1 fully saturated rings. The molecule has 0 radical (unpaired) electrons. The van der Waals surface area contributed by atoms with Gasteiger partial charge in [-0.05, 0) is 50.1 Å². The zero-order valence-electron chi connectivity index (χ0n) is 10.7. The quantitative estimate of drug-likeness (QED) is 0.798. The van der Waals surface area contributed by atoms with Gasteiger partial charge in [-0.15, -0.1) is 0 Å². The summed E-state index contributed by atoms with van der Waals surface area (Å²) >= 11 is 3.55. The molecule has 1 amide bonds. The third kappa shape index (κ3) is 1.70. The molecule has 2 aliphatic heterocycles. The van der Waals surface area contributed by atoms with E-state index in [1.165, 1.54) is 5.56 Å². The second kappa shape index (κ2) is 4.07. The standard InChI is InChI=1S/C14H17BrN2O/c1-9-7-10(15)8-11-12(9)13(18)16-14(11)3-5-17(2)6-4-14/h7-8H,3-6H2,1-2H3,(H,16,18). The Morgan fingerprint density at radius 3 is 2.67 bits per heavy atom. The van der Waals surface area contributed by atoms with Gasteiger partial charge in [-0.2, -0.15) is 0 Å². The summed E-state index contributed by atoms with van der Waals surface area (Å²) in [6.07, 6.45) is 2.00. The summed E-state index contributed by atoms with van der Waals surface area (Å²) in [5.74, 6) is 0.0968. The van der Waals surface area contributed by atoms with Crippen molar-refractivity contribution in [2.45, 2.75) is 25.3 Å². The van der Waals surface area contributed by atoms with Gasteiger partial charge in [0.15, 0.2) is 0 Å². The first-order valence-electron chi connectivity index (χ1n) is 6.33. The van der Waals surface area contributed by atoms with E-state index >= 15 is 0 Å². The second-order valence-corrected chi connectivity index (χ2v) is 6.40. The summed E-state index contributed by atoms with van der Waals surface area (Å²) in [6.45, 7) is 4.08. The molecule has 18 heavy (non-hydrogen) atoms. The van der Waals surface area contributed by atoms with Crippen LogP contribution < -0.4 is 5.32 Å². The zero-order chi connectivity index (χ0) is 12.9. The molecule has 1 N–H and O–H groups in total. The molecule has 0 unspecified atom stereocenters. The highest BCUT2D eigenvalue weighted by molar-refractivity contribution is 9.10. The van der Waals surface area contributed by atoms with Crippen LogP contribution in [0.5, 0.6) is 0 Å². The smallest absolute Gasteiger partial charge is 0.252 e. The molecule has 2 heterocycles. The number of hydrogen-bond acceptors (Lipinski definition) is 2. The zero-order valence-corrected chi connectivity index (χ0v) is 12.3. The Bertz CT molecular complexity index is 519. The summed E-state index contributed by atoms with van der Waals surface area (Å²) in [6, 6.07) is 4.14. The van der Waals surface area contributed by atoms with Crippen molar-refractivity contribution in [3.63, 3.8) is 0 Å². The van der Waals surface area contributed by atoms with Gasteiger partial charge in [-0.3, -0.25) is 4.79 Å². The van der Waals surface area contributed by atoms with Gasteiger partial charge in [-0.25, -0.2) is 0 Å². The molecule has 1 saturated heterocycles. The molecule has 2 aliphatic rings. The molecule has 1 aromatic carbocycles. The van der Waals surface area contributed by atoms with Gasteiger partial charge in [0.25, 0.3) is 5.91 Å². The number of benzene rings is 1. The van der Waals surface area contributed by atoms with E-state index in [1.54, 1.807) is 0 Å². The van der Waals surface area contributed by atoms with Crippen LogP contribution in [-0.4, -0.2) is 30.9 Å². The van der Waals surface area contributed by atoms with Gasteiger partial charge >= 0.3 is 0 Å². The Kier molecular flexibility index (Phi) is 2.75. The molecule has 0 aliphatic carbocycles. The molecule has 96 valence electrons. The Morgan fingerprint density at radius 1 is 1.33 bits per heavy atom. The monoisotopic (exact) mass is 308 g/mol. The molecule has 0 bridgehead atoms. The highest BCUT2D eigenvalue weighted by Crippen LogP contribution is 2.41. The molecular weight excluding hydrogens is 292 g/mol.